The van der Waals surface area contributed by atoms with Gasteiger partial charge >= 0.3 is 0 Å². The minimum absolute atomic E-state index is 0.119. The average Bonchev–Trinajstić information content (AvgIpc) is 3.12. The zero-order valence-corrected chi connectivity index (χ0v) is 14.4. The first kappa shape index (κ1) is 16.4. The van der Waals surface area contributed by atoms with Gasteiger partial charge in [-0.1, -0.05) is 18.2 Å². The number of rotatable bonds is 4. The van der Waals surface area contributed by atoms with E-state index in [1.165, 1.54) is 13.3 Å². The van der Waals surface area contributed by atoms with Crippen LogP contribution in [0.1, 0.15) is 23.4 Å². The van der Waals surface area contributed by atoms with E-state index in [9.17, 15) is 4.79 Å². The highest BCUT2D eigenvalue weighted by atomic mass is 16.5. The molecule has 1 fully saturated rings. The van der Waals surface area contributed by atoms with Gasteiger partial charge in [0.05, 0.1) is 26.0 Å². The maximum absolute atomic E-state index is 12.8. The van der Waals surface area contributed by atoms with E-state index in [0.717, 1.165) is 18.2 Å². The molecule has 1 aromatic carbocycles. The van der Waals surface area contributed by atoms with Crippen molar-refractivity contribution in [1.29, 1.82) is 0 Å². The second-order valence-corrected chi connectivity index (χ2v) is 6.18. The smallest absolute Gasteiger partial charge is 0.289 e. The lowest BCUT2D eigenvalue weighted by Gasteiger charge is -2.32. The van der Waals surface area contributed by atoms with E-state index in [2.05, 4.69) is 9.97 Å². The summed E-state index contributed by atoms with van der Waals surface area (Å²) in [6.07, 6.45) is 4.63. The van der Waals surface area contributed by atoms with Crippen LogP contribution >= 0.6 is 0 Å². The maximum Gasteiger partial charge on any atom is 0.289 e. The fourth-order valence-electron chi connectivity index (χ4n) is 3.12. The van der Waals surface area contributed by atoms with E-state index in [1.807, 2.05) is 24.3 Å². The molecule has 0 N–H and O–H groups in total. The molecule has 26 heavy (non-hydrogen) atoms. The van der Waals surface area contributed by atoms with Crippen LogP contribution in [0.4, 0.5) is 0 Å². The van der Waals surface area contributed by atoms with Crippen molar-refractivity contribution in [3.63, 3.8) is 0 Å². The van der Waals surface area contributed by atoms with Gasteiger partial charge in [0.2, 0.25) is 11.8 Å². The minimum Gasteiger partial charge on any atom is -0.480 e. The van der Waals surface area contributed by atoms with Crippen molar-refractivity contribution >= 4 is 16.9 Å². The van der Waals surface area contributed by atoms with E-state index < -0.39 is 0 Å². The number of nitrogens with zero attached hydrogens (tertiary/aromatic N) is 3. The average molecular weight is 353 g/mol. The Labute approximate surface area is 150 Å². The molecule has 0 bridgehead atoms. The third-order valence-corrected chi connectivity index (χ3v) is 4.39. The lowest BCUT2D eigenvalue weighted by atomic mass is 10.1. The molecule has 1 unspecified atom stereocenters. The molecule has 0 spiro atoms. The van der Waals surface area contributed by atoms with Crippen molar-refractivity contribution in [3.8, 4) is 11.8 Å². The van der Waals surface area contributed by atoms with Crippen LogP contribution in [0.15, 0.2) is 47.1 Å². The molecule has 1 amide bonds. The van der Waals surface area contributed by atoms with Gasteiger partial charge in [-0.2, -0.15) is 4.98 Å². The third-order valence-electron chi connectivity index (χ3n) is 4.39. The Balaban J connectivity index is 1.46. The Kier molecular flexibility index (Phi) is 4.43. The molecule has 0 saturated carbocycles. The molecule has 1 atom stereocenters. The Morgan fingerprint density at radius 3 is 2.96 bits per heavy atom. The molecular weight excluding hydrogens is 334 g/mol. The SMILES string of the molecule is COc1cncc(OC2CCCN(C(=O)c3cc4ccccc4o3)C2)n1. The standard InChI is InChI=1S/C19H19N3O4/c1-24-17-10-20-11-18(21-17)25-14-6-4-8-22(12-14)19(23)16-9-13-5-2-3-7-15(13)26-16/h2-3,5,7,9-11,14H,4,6,8,12H2,1H3. The molecule has 134 valence electrons. The van der Waals surface area contributed by atoms with Crippen LogP contribution in [0.3, 0.4) is 0 Å². The Morgan fingerprint density at radius 1 is 1.27 bits per heavy atom. The highest BCUT2D eigenvalue weighted by Crippen LogP contribution is 2.23. The molecule has 1 aliphatic heterocycles. The molecule has 7 nitrogen and oxygen atoms in total. The van der Waals surface area contributed by atoms with E-state index in [4.69, 9.17) is 13.9 Å². The molecule has 1 aliphatic rings. The Morgan fingerprint density at radius 2 is 2.12 bits per heavy atom. The first-order valence-electron chi connectivity index (χ1n) is 8.53. The molecule has 3 aromatic rings. The monoisotopic (exact) mass is 353 g/mol. The number of methoxy groups -OCH3 is 1. The highest BCUT2D eigenvalue weighted by Gasteiger charge is 2.28. The second kappa shape index (κ2) is 7.03. The second-order valence-electron chi connectivity index (χ2n) is 6.18. The lowest BCUT2D eigenvalue weighted by Crippen LogP contribution is -2.44. The van der Waals surface area contributed by atoms with Crippen molar-refractivity contribution < 1.29 is 18.7 Å². The number of hydrogen-bond donors (Lipinski definition) is 0. The summed E-state index contributed by atoms with van der Waals surface area (Å²) in [4.78, 5) is 22.8. The van der Waals surface area contributed by atoms with Crippen LogP contribution < -0.4 is 9.47 Å². The van der Waals surface area contributed by atoms with Crippen LogP contribution in [0.2, 0.25) is 0 Å². The largest absolute Gasteiger partial charge is 0.480 e. The van der Waals surface area contributed by atoms with E-state index in [0.29, 0.717) is 36.2 Å². The van der Waals surface area contributed by atoms with Gasteiger partial charge in [0, 0.05) is 11.9 Å². The van der Waals surface area contributed by atoms with Crippen LogP contribution in [-0.4, -0.2) is 47.1 Å². The van der Waals surface area contributed by atoms with Gasteiger partial charge in [0.15, 0.2) is 5.76 Å². The summed E-state index contributed by atoms with van der Waals surface area (Å²) in [6.45, 7) is 1.16. The number of piperidine rings is 1. The molecule has 7 heteroatoms. The molecule has 0 aliphatic carbocycles. The summed E-state index contributed by atoms with van der Waals surface area (Å²) in [6, 6.07) is 9.39. The molecular formula is C19H19N3O4. The van der Waals surface area contributed by atoms with Crippen molar-refractivity contribution in [1.82, 2.24) is 14.9 Å². The predicted octanol–water partition coefficient (Wildman–Crippen LogP) is 2.92. The maximum atomic E-state index is 12.8. The number of amides is 1. The quantitative estimate of drug-likeness (QED) is 0.718. The first-order valence-corrected chi connectivity index (χ1v) is 8.53. The number of fused-ring (bicyclic) bond motifs is 1. The number of ether oxygens (including phenoxy) is 2. The van der Waals surface area contributed by atoms with Gasteiger partial charge in [-0.3, -0.25) is 9.78 Å². The Hall–Kier alpha value is -3.09. The topological polar surface area (TPSA) is 77.7 Å². The van der Waals surface area contributed by atoms with E-state index >= 15 is 0 Å². The lowest BCUT2D eigenvalue weighted by molar-refractivity contribution is 0.0500. The van der Waals surface area contributed by atoms with Crippen LogP contribution in [-0.2, 0) is 0 Å². The number of benzene rings is 1. The molecule has 4 rings (SSSR count). The van der Waals surface area contributed by atoms with Gasteiger partial charge in [-0.05, 0) is 25.0 Å². The molecule has 1 saturated heterocycles. The summed E-state index contributed by atoms with van der Waals surface area (Å²) < 4.78 is 16.7. The van der Waals surface area contributed by atoms with E-state index in [-0.39, 0.29) is 12.0 Å². The molecule has 2 aromatic heterocycles. The number of carbonyl (C=O) groups excluding carboxylic acids is 1. The third kappa shape index (κ3) is 3.33. The number of aromatic nitrogens is 2. The van der Waals surface area contributed by atoms with Gasteiger partial charge in [0.1, 0.15) is 11.7 Å². The van der Waals surface area contributed by atoms with Crippen molar-refractivity contribution in [3.05, 3.63) is 48.5 Å². The normalized spacial score (nSPS) is 17.3. The highest BCUT2D eigenvalue weighted by molar-refractivity contribution is 5.96. The minimum atomic E-state index is -0.140. The number of carbonyl (C=O) groups is 1. The van der Waals surface area contributed by atoms with Crippen LogP contribution in [0.25, 0.3) is 11.0 Å². The zero-order chi connectivity index (χ0) is 17.9. The first-order chi connectivity index (χ1) is 12.7. The summed E-state index contributed by atoms with van der Waals surface area (Å²) in [7, 11) is 1.53. The Bertz CT molecular complexity index is 891. The van der Waals surface area contributed by atoms with Crippen molar-refractivity contribution in [2.24, 2.45) is 0 Å². The van der Waals surface area contributed by atoms with Gasteiger partial charge in [-0.15, -0.1) is 0 Å². The number of furan rings is 1. The molecule has 3 heterocycles. The summed E-state index contributed by atoms with van der Waals surface area (Å²) in [5.41, 5.74) is 0.715. The van der Waals surface area contributed by atoms with Crippen molar-refractivity contribution in [2.45, 2.75) is 18.9 Å². The van der Waals surface area contributed by atoms with Gasteiger partial charge in [0.25, 0.3) is 5.91 Å². The van der Waals surface area contributed by atoms with Gasteiger partial charge in [-0.25, -0.2) is 0 Å². The van der Waals surface area contributed by atoms with Crippen molar-refractivity contribution in [2.75, 3.05) is 20.2 Å². The van der Waals surface area contributed by atoms with Crippen LogP contribution in [0.5, 0.6) is 11.8 Å². The fourth-order valence-corrected chi connectivity index (χ4v) is 3.12. The summed E-state index contributed by atoms with van der Waals surface area (Å²) in [5.74, 6) is 1.03. The molecule has 0 radical (unpaired) electrons. The fraction of sp³-hybridized carbons (Fsp3) is 0.316. The number of para-hydroxylation sites is 1. The van der Waals surface area contributed by atoms with Gasteiger partial charge < -0.3 is 18.8 Å². The summed E-state index contributed by atoms with van der Waals surface area (Å²) >= 11 is 0. The zero-order valence-electron chi connectivity index (χ0n) is 14.4. The number of hydrogen-bond acceptors (Lipinski definition) is 6. The van der Waals surface area contributed by atoms with Crippen LogP contribution in [0, 0.1) is 0 Å². The predicted molar refractivity (Wildman–Crippen MR) is 94.4 cm³/mol. The summed E-state index contributed by atoms with van der Waals surface area (Å²) in [5, 5.41) is 0.923. The number of likely N-dealkylation sites (tertiary alicyclic amines) is 1. The van der Waals surface area contributed by atoms with E-state index in [1.54, 1.807) is 17.2 Å².